The van der Waals surface area contributed by atoms with Crippen LogP contribution in [0.25, 0.3) is 11.4 Å². The van der Waals surface area contributed by atoms with E-state index in [9.17, 15) is 9.59 Å². The highest BCUT2D eigenvalue weighted by Crippen LogP contribution is 2.28. The fraction of sp³-hybridized carbons (Fsp3) is 0.348. The summed E-state index contributed by atoms with van der Waals surface area (Å²) in [5, 5.41) is 15.6. The lowest BCUT2D eigenvalue weighted by atomic mass is 10.2. The monoisotopic (exact) mass is 451 g/mol. The van der Waals surface area contributed by atoms with Gasteiger partial charge in [-0.05, 0) is 55.2 Å². The normalized spacial score (nSPS) is 15.7. The molecule has 0 spiro atoms. The summed E-state index contributed by atoms with van der Waals surface area (Å²) in [6.45, 7) is 1.01. The molecule has 1 saturated heterocycles. The number of pyridine rings is 2. The number of ether oxygens (including phenoxy) is 2. The number of hydrogen-bond acceptors (Lipinski definition) is 7. The van der Waals surface area contributed by atoms with Crippen LogP contribution in [0.2, 0.25) is 0 Å². The molecule has 0 radical (unpaired) electrons. The maximum Gasteiger partial charge on any atom is 0.305 e. The zero-order chi connectivity index (χ0) is 23.0. The van der Waals surface area contributed by atoms with Gasteiger partial charge in [0.15, 0.2) is 6.23 Å². The van der Waals surface area contributed by atoms with Crippen molar-refractivity contribution in [2.24, 2.45) is 0 Å². The van der Waals surface area contributed by atoms with Gasteiger partial charge >= 0.3 is 5.97 Å². The van der Waals surface area contributed by atoms with Gasteiger partial charge in [-0.3, -0.25) is 19.6 Å². The SMILES string of the molecule is O=C(O)CCNC(=O)c1cc(COc2ccc(-c3ccnn3C3CCCCO3)nc2)ccn1. The van der Waals surface area contributed by atoms with Gasteiger partial charge < -0.3 is 19.9 Å². The summed E-state index contributed by atoms with van der Waals surface area (Å²) in [7, 11) is 0. The number of carbonyl (C=O) groups is 2. The van der Waals surface area contributed by atoms with Crippen molar-refractivity contribution in [2.75, 3.05) is 13.2 Å². The number of nitrogens with zero attached hydrogens (tertiary/aromatic N) is 4. The highest BCUT2D eigenvalue weighted by Gasteiger charge is 2.20. The van der Waals surface area contributed by atoms with Crippen LogP contribution in [0.15, 0.2) is 48.9 Å². The third-order valence-electron chi connectivity index (χ3n) is 5.18. The Labute approximate surface area is 190 Å². The van der Waals surface area contributed by atoms with E-state index in [4.69, 9.17) is 14.6 Å². The Bertz CT molecular complexity index is 1090. The average molecular weight is 451 g/mol. The number of aliphatic carboxylic acids is 1. The van der Waals surface area contributed by atoms with E-state index in [-0.39, 0.29) is 31.5 Å². The molecule has 1 fully saturated rings. The van der Waals surface area contributed by atoms with E-state index < -0.39 is 11.9 Å². The highest BCUT2D eigenvalue weighted by molar-refractivity contribution is 5.92. The van der Waals surface area contributed by atoms with E-state index >= 15 is 0 Å². The maximum absolute atomic E-state index is 12.1. The first-order chi connectivity index (χ1) is 16.1. The molecule has 3 aromatic rings. The zero-order valence-electron chi connectivity index (χ0n) is 18.0. The van der Waals surface area contributed by atoms with E-state index in [1.807, 2.05) is 22.9 Å². The maximum atomic E-state index is 12.1. The Kier molecular flexibility index (Phi) is 7.26. The fourth-order valence-electron chi connectivity index (χ4n) is 3.51. The van der Waals surface area contributed by atoms with Crippen LogP contribution in [-0.2, 0) is 16.1 Å². The molecule has 1 aliphatic heterocycles. The quantitative estimate of drug-likeness (QED) is 0.508. The molecule has 0 saturated carbocycles. The Morgan fingerprint density at radius 2 is 2.09 bits per heavy atom. The molecule has 10 nitrogen and oxygen atoms in total. The van der Waals surface area contributed by atoms with E-state index in [0.717, 1.165) is 42.8 Å². The van der Waals surface area contributed by atoms with Crippen LogP contribution in [0.5, 0.6) is 5.75 Å². The third kappa shape index (κ3) is 5.92. The summed E-state index contributed by atoms with van der Waals surface area (Å²) in [6.07, 6.45) is 7.82. The molecule has 2 N–H and O–H groups in total. The Morgan fingerprint density at radius 1 is 1.18 bits per heavy atom. The summed E-state index contributed by atoms with van der Waals surface area (Å²) in [5.41, 5.74) is 2.62. The Morgan fingerprint density at radius 3 is 2.85 bits per heavy atom. The summed E-state index contributed by atoms with van der Waals surface area (Å²) >= 11 is 0. The van der Waals surface area contributed by atoms with Crippen molar-refractivity contribution in [3.8, 4) is 17.1 Å². The van der Waals surface area contributed by atoms with Crippen molar-refractivity contribution < 1.29 is 24.2 Å². The molecule has 0 bridgehead atoms. The Balaban J connectivity index is 1.35. The largest absolute Gasteiger partial charge is 0.487 e. The second-order valence-corrected chi connectivity index (χ2v) is 7.60. The number of hydrogen-bond donors (Lipinski definition) is 2. The average Bonchev–Trinajstić information content (AvgIpc) is 3.33. The van der Waals surface area contributed by atoms with Crippen molar-refractivity contribution in [1.29, 1.82) is 0 Å². The molecule has 33 heavy (non-hydrogen) atoms. The summed E-state index contributed by atoms with van der Waals surface area (Å²) < 4.78 is 13.5. The molecule has 4 rings (SSSR count). The topological polar surface area (TPSA) is 128 Å². The van der Waals surface area contributed by atoms with Gasteiger partial charge in [-0.15, -0.1) is 0 Å². The van der Waals surface area contributed by atoms with Crippen molar-refractivity contribution in [3.05, 3.63) is 60.2 Å². The molecule has 172 valence electrons. The van der Waals surface area contributed by atoms with Crippen molar-refractivity contribution in [1.82, 2.24) is 25.1 Å². The van der Waals surface area contributed by atoms with E-state index in [1.165, 1.54) is 6.20 Å². The lowest BCUT2D eigenvalue weighted by Crippen LogP contribution is -2.26. The smallest absolute Gasteiger partial charge is 0.305 e. The minimum atomic E-state index is -0.975. The number of nitrogens with one attached hydrogen (secondary N) is 1. The third-order valence-corrected chi connectivity index (χ3v) is 5.18. The number of rotatable bonds is 9. The molecule has 4 heterocycles. The van der Waals surface area contributed by atoms with E-state index in [2.05, 4.69) is 20.4 Å². The minimum Gasteiger partial charge on any atom is -0.487 e. The van der Waals surface area contributed by atoms with Gasteiger partial charge in [-0.25, -0.2) is 4.68 Å². The van der Waals surface area contributed by atoms with Crippen LogP contribution < -0.4 is 10.1 Å². The molecular formula is C23H25N5O5. The highest BCUT2D eigenvalue weighted by atomic mass is 16.5. The lowest BCUT2D eigenvalue weighted by molar-refractivity contribution is -0.136. The number of aromatic nitrogens is 4. The molecule has 0 aliphatic carbocycles. The standard InChI is InChI=1S/C23H25N5O5/c29-22(30)8-10-25-23(31)19-13-16(6-9-24-19)15-33-17-4-5-18(26-14-17)20-7-11-27-28(20)21-3-1-2-12-32-21/h4-7,9,11,13-14,21H,1-3,8,10,12,15H2,(H,25,31)(H,29,30). The van der Waals surface area contributed by atoms with Crippen LogP contribution in [0, 0.1) is 0 Å². The molecule has 0 aromatic carbocycles. The zero-order valence-corrected chi connectivity index (χ0v) is 18.0. The van der Waals surface area contributed by atoms with Gasteiger partial charge in [-0.1, -0.05) is 0 Å². The fourth-order valence-corrected chi connectivity index (χ4v) is 3.51. The van der Waals surface area contributed by atoms with Crippen LogP contribution in [0.1, 0.15) is 48.0 Å². The first kappa shape index (κ1) is 22.4. The van der Waals surface area contributed by atoms with Gasteiger partial charge in [0, 0.05) is 25.5 Å². The number of carboxylic acid groups (broad SMARTS) is 1. The van der Waals surface area contributed by atoms with Crippen molar-refractivity contribution in [2.45, 2.75) is 38.5 Å². The van der Waals surface area contributed by atoms with Gasteiger partial charge in [0.1, 0.15) is 18.1 Å². The van der Waals surface area contributed by atoms with Gasteiger partial charge in [-0.2, -0.15) is 5.10 Å². The van der Waals surface area contributed by atoms with Crippen LogP contribution >= 0.6 is 0 Å². The first-order valence-electron chi connectivity index (χ1n) is 10.8. The van der Waals surface area contributed by atoms with E-state index in [1.54, 1.807) is 24.5 Å². The first-order valence-corrected chi connectivity index (χ1v) is 10.8. The Hall–Kier alpha value is -3.79. The number of carboxylic acids is 1. The number of carbonyl (C=O) groups excluding carboxylic acids is 1. The summed E-state index contributed by atoms with van der Waals surface area (Å²) in [5.74, 6) is -0.817. The predicted octanol–water partition coefficient (Wildman–Crippen LogP) is 2.82. The van der Waals surface area contributed by atoms with Crippen LogP contribution in [-0.4, -0.2) is 49.9 Å². The molecule has 3 aromatic heterocycles. The van der Waals surface area contributed by atoms with Crippen molar-refractivity contribution in [3.63, 3.8) is 0 Å². The molecular weight excluding hydrogens is 426 g/mol. The lowest BCUT2D eigenvalue weighted by Gasteiger charge is -2.24. The van der Waals surface area contributed by atoms with E-state index in [0.29, 0.717) is 5.75 Å². The van der Waals surface area contributed by atoms with Crippen LogP contribution in [0.3, 0.4) is 0 Å². The summed E-state index contributed by atoms with van der Waals surface area (Å²) in [6, 6.07) is 8.99. The molecule has 1 aliphatic rings. The second-order valence-electron chi connectivity index (χ2n) is 7.60. The van der Waals surface area contributed by atoms with Gasteiger partial charge in [0.2, 0.25) is 0 Å². The minimum absolute atomic E-state index is 0.0420. The molecule has 1 atom stereocenters. The van der Waals surface area contributed by atoms with Gasteiger partial charge in [0.25, 0.3) is 5.91 Å². The second kappa shape index (κ2) is 10.7. The molecule has 1 amide bonds. The van der Waals surface area contributed by atoms with Gasteiger partial charge in [0.05, 0.1) is 24.0 Å². The molecule has 10 heteroatoms. The number of amides is 1. The van der Waals surface area contributed by atoms with Crippen LogP contribution in [0.4, 0.5) is 0 Å². The van der Waals surface area contributed by atoms with Crippen molar-refractivity contribution >= 4 is 11.9 Å². The predicted molar refractivity (Wildman–Crippen MR) is 117 cm³/mol. The molecule has 1 unspecified atom stereocenters. The summed E-state index contributed by atoms with van der Waals surface area (Å²) in [4.78, 5) is 31.2.